The summed E-state index contributed by atoms with van der Waals surface area (Å²) in [5.41, 5.74) is 1.66. The highest BCUT2D eigenvalue weighted by atomic mass is 16.2. The highest BCUT2D eigenvalue weighted by Crippen LogP contribution is 2.37. The molecule has 1 amide bonds. The third kappa shape index (κ3) is 2.89. The van der Waals surface area contributed by atoms with E-state index in [-0.39, 0.29) is 5.91 Å². The molecule has 1 aromatic rings. The molecular formula is C17H25N3O. The molecule has 1 aliphatic carbocycles. The number of pyridine rings is 1. The second-order valence-corrected chi connectivity index (χ2v) is 6.25. The van der Waals surface area contributed by atoms with Crippen molar-refractivity contribution in [3.8, 4) is 0 Å². The van der Waals surface area contributed by atoms with E-state index in [1.165, 1.54) is 25.7 Å². The molecule has 1 saturated heterocycles. The van der Waals surface area contributed by atoms with Gasteiger partial charge < -0.3 is 10.2 Å². The number of amides is 1. The van der Waals surface area contributed by atoms with E-state index in [0.717, 1.165) is 43.1 Å². The topological polar surface area (TPSA) is 45.2 Å². The molecule has 21 heavy (non-hydrogen) atoms. The van der Waals surface area contributed by atoms with Crippen molar-refractivity contribution in [1.82, 2.24) is 9.88 Å². The zero-order valence-electron chi connectivity index (χ0n) is 12.8. The number of hydrogen-bond donors (Lipinski definition) is 1. The number of fused-ring (bicyclic) bond motifs is 1. The molecule has 0 radical (unpaired) electrons. The van der Waals surface area contributed by atoms with E-state index in [1.54, 1.807) is 12.4 Å². The van der Waals surface area contributed by atoms with Gasteiger partial charge >= 0.3 is 0 Å². The molecule has 0 aromatic carbocycles. The first-order valence-electron chi connectivity index (χ1n) is 8.30. The Hall–Kier alpha value is -1.58. The Morgan fingerprint density at radius 1 is 1.38 bits per heavy atom. The van der Waals surface area contributed by atoms with Crippen LogP contribution in [0.1, 0.15) is 55.8 Å². The molecular weight excluding hydrogens is 262 g/mol. The van der Waals surface area contributed by atoms with Crippen molar-refractivity contribution in [2.45, 2.75) is 51.5 Å². The number of rotatable bonds is 4. The number of likely N-dealkylation sites (tertiary alicyclic amines) is 1. The highest BCUT2D eigenvalue weighted by Gasteiger charge is 2.37. The van der Waals surface area contributed by atoms with Gasteiger partial charge in [-0.2, -0.15) is 0 Å². The molecule has 114 valence electrons. The zero-order valence-corrected chi connectivity index (χ0v) is 12.8. The maximum atomic E-state index is 13.0. The Labute approximate surface area is 126 Å². The molecule has 2 fully saturated rings. The average molecular weight is 287 g/mol. The lowest BCUT2D eigenvalue weighted by molar-refractivity contribution is 0.0549. The lowest BCUT2D eigenvalue weighted by Crippen LogP contribution is -2.46. The second kappa shape index (κ2) is 6.46. The minimum Gasteiger partial charge on any atom is -0.383 e. The van der Waals surface area contributed by atoms with Gasteiger partial charge in [0.2, 0.25) is 0 Å². The summed E-state index contributed by atoms with van der Waals surface area (Å²) in [5, 5.41) is 3.33. The smallest absolute Gasteiger partial charge is 0.256 e. The van der Waals surface area contributed by atoms with E-state index in [2.05, 4.69) is 22.1 Å². The molecule has 0 bridgehead atoms. The van der Waals surface area contributed by atoms with Gasteiger partial charge in [0.25, 0.3) is 5.91 Å². The van der Waals surface area contributed by atoms with Gasteiger partial charge in [-0.25, -0.2) is 0 Å². The SMILES string of the molecule is CCCNc1cnccc1C(=O)N1CCCC2CCCC21. The van der Waals surface area contributed by atoms with Crippen LogP contribution in [0, 0.1) is 5.92 Å². The first-order chi connectivity index (χ1) is 10.3. The van der Waals surface area contributed by atoms with Crippen molar-refractivity contribution in [2.75, 3.05) is 18.4 Å². The number of nitrogens with zero attached hydrogens (tertiary/aromatic N) is 2. The van der Waals surface area contributed by atoms with E-state index in [4.69, 9.17) is 0 Å². The maximum Gasteiger partial charge on any atom is 0.256 e. The number of nitrogens with one attached hydrogen (secondary N) is 1. The normalized spacial score (nSPS) is 24.7. The fourth-order valence-corrected chi connectivity index (χ4v) is 3.84. The highest BCUT2D eigenvalue weighted by molar-refractivity contribution is 5.99. The van der Waals surface area contributed by atoms with Crippen molar-refractivity contribution in [3.63, 3.8) is 0 Å². The molecule has 1 N–H and O–H groups in total. The quantitative estimate of drug-likeness (QED) is 0.924. The van der Waals surface area contributed by atoms with Crippen LogP contribution in [0.3, 0.4) is 0 Å². The third-order valence-electron chi connectivity index (χ3n) is 4.87. The monoisotopic (exact) mass is 287 g/mol. The Morgan fingerprint density at radius 3 is 3.10 bits per heavy atom. The average Bonchev–Trinajstić information content (AvgIpc) is 3.01. The van der Waals surface area contributed by atoms with Gasteiger partial charge in [0, 0.05) is 25.3 Å². The molecule has 2 aliphatic rings. The van der Waals surface area contributed by atoms with Crippen molar-refractivity contribution in [2.24, 2.45) is 5.92 Å². The van der Waals surface area contributed by atoms with Crippen LogP contribution in [0.2, 0.25) is 0 Å². The molecule has 1 aromatic heterocycles. The minimum absolute atomic E-state index is 0.188. The summed E-state index contributed by atoms with van der Waals surface area (Å²) in [5.74, 6) is 0.921. The van der Waals surface area contributed by atoms with Gasteiger partial charge in [-0.05, 0) is 44.1 Å². The lowest BCUT2D eigenvalue weighted by atomic mass is 9.91. The van der Waals surface area contributed by atoms with Crippen molar-refractivity contribution in [3.05, 3.63) is 24.0 Å². The predicted molar refractivity (Wildman–Crippen MR) is 84.4 cm³/mol. The van der Waals surface area contributed by atoms with E-state index in [0.29, 0.717) is 6.04 Å². The molecule has 4 nitrogen and oxygen atoms in total. The van der Waals surface area contributed by atoms with Crippen molar-refractivity contribution in [1.29, 1.82) is 0 Å². The van der Waals surface area contributed by atoms with Crippen LogP contribution < -0.4 is 5.32 Å². The first-order valence-corrected chi connectivity index (χ1v) is 8.30. The maximum absolute atomic E-state index is 13.0. The predicted octanol–water partition coefficient (Wildman–Crippen LogP) is 3.31. The van der Waals surface area contributed by atoms with Gasteiger partial charge in [0.05, 0.1) is 17.4 Å². The summed E-state index contributed by atoms with van der Waals surface area (Å²) in [4.78, 5) is 19.3. The van der Waals surface area contributed by atoms with Gasteiger partial charge in [0.15, 0.2) is 0 Å². The van der Waals surface area contributed by atoms with Gasteiger partial charge in [-0.3, -0.25) is 9.78 Å². The Bertz CT molecular complexity index is 503. The van der Waals surface area contributed by atoms with E-state index < -0.39 is 0 Å². The summed E-state index contributed by atoms with van der Waals surface area (Å²) >= 11 is 0. The number of hydrogen-bond acceptors (Lipinski definition) is 3. The Kier molecular flexibility index (Phi) is 4.42. The van der Waals surface area contributed by atoms with Gasteiger partial charge in [0.1, 0.15) is 0 Å². The summed E-state index contributed by atoms with van der Waals surface area (Å²) < 4.78 is 0. The zero-order chi connectivity index (χ0) is 14.7. The number of aromatic nitrogens is 1. The summed E-state index contributed by atoms with van der Waals surface area (Å²) in [6.07, 6.45) is 10.7. The third-order valence-corrected chi connectivity index (χ3v) is 4.87. The molecule has 4 heteroatoms. The van der Waals surface area contributed by atoms with Crippen LogP contribution in [0.5, 0.6) is 0 Å². The van der Waals surface area contributed by atoms with Crippen molar-refractivity contribution >= 4 is 11.6 Å². The summed E-state index contributed by atoms with van der Waals surface area (Å²) in [6.45, 7) is 3.91. The Morgan fingerprint density at radius 2 is 2.24 bits per heavy atom. The molecule has 3 rings (SSSR count). The number of carbonyl (C=O) groups is 1. The van der Waals surface area contributed by atoms with Crippen LogP contribution >= 0.6 is 0 Å². The number of anilines is 1. The number of carbonyl (C=O) groups excluding carboxylic acids is 1. The van der Waals surface area contributed by atoms with Crippen LogP contribution in [-0.2, 0) is 0 Å². The largest absolute Gasteiger partial charge is 0.383 e. The van der Waals surface area contributed by atoms with Crippen molar-refractivity contribution < 1.29 is 4.79 Å². The van der Waals surface area contributed by atoms with Crippen LogP contribution in [-0.4, -0.2) is 34.9 Å². The summed E-state index contributed by atoms with van der Waals surface area (Å²) in [6, 6.07) is 2.33. The molecule has 1 saturated carbocycles. The summed E-state index contributed by atoms with van der Waals surface area (Å²) in [7, 11) is 0. The second-order valence-electron chi connectivity index (χ2n) is 6.25. The van der Waals surface area contributed by atoms with Crippen LogP contribution in [0.15, 0.2) is 18.5 Å². The minimum atomic E-state index is 0.188. The van der Waals surface area contributed by atoms with E-state index >= 15 is 0 Å². The molecule has 1 aliphatic heterocycles. The van der Waals surface area contributed by atoms with E-state index in [1.807, 2.05) is 6.07 Å². The van der Waals surface area contributed by atoms with E-state index in [9.17, 15) is 4.79 Å². The molecule has 0 spiro atoms. The Balaban J connectivity index is 1.81. The molecule has 2 heterocycles. The number of piperidine rings is 1. The lowest BCUT2D eigenvalue weighted by Gasteiger charge is -2.38. The van der Waals surface area contributed by atoms with Crippen LogP contribution in [0.25, 0.3) is 0 Å². The first kappa shape index (κ1) is 14.4. The fraction of sp³-hybridized carbons (Fsp3) is 0.647. The fourth-order valence-electron chi connectivity index (χ4n) is 3.84. The standard InChI is InChI=1S/C17H25N3O/c1-2-9-19-15-12-18-10-8-14(15)17(21)20-11-4-6-13-5-3-7-16(13)20/h8,10,12-13,16,19H,2-7,9,11H2,1H3. The van der Waals surface area contributed by atoms with Gasteiger partial charge in [-0.1, -0.05) is 13.3 Å². The van der Waals surface area contributed by atoms with Crippen LogP contribution in [0.4, 0.5) is 5.69 Å². The molecule has 2 unspecified atom stereocenters. The van der Waals surface area contributed by atoms with Gasteiger partial charge in [-0.15, -0.1) is 0 Å². The molecule has 2 atom stereocenters.